The molecule has 0 saturated carbocycles. The molecule has 5 nitrogen and oxygen atoms in total. The first-order valence-electron chi connectivity index (χ1n) is 7.96. The van der Waals surface area contributed by atoms with Crippen LogP contribution in [0.1, 0.15) is 26.3 Å². The highest BCUT2D eigenvalue weighted by Crippen LogP contribution is 2.16. The molecule has 0 aliphatic carbocycles. The summed E-state index contributed by atoms with van der Waals surface area (Å²) < 4.78 is 12.9. The van der Waals surface area contributed by atoms with E-state index in [0.717, 1.165) is 5.56 Å². The summed E-state index contributed by atoms with van der Waals surface area (Å²) >= 11 is 0. The molecule has 26 heavy (non-hydrogen) atoms. The third-order valence-corrected chi connectivity index (χ3v) is 3.74. The number of rotatable bonds is 5. The van der Waals surface area contributed by atoms with Gasteiger partial charge in [-0.3, -0.25) is 14.6 Å². The Bertz CT molecular complexity index is 912. The van der Waals surface area contributed by atoms with Crippen LogP contribution in [0.15, 0.2) is 73.1 Å². The third kappa shape index (κ3) is 4.30. The molecule has 0 saturated heterocycles. The van der Waals surface area contributed by atoms with E-state index in [1.165, 1.54) is 30.5 Å². The zero-order chi connectivity index (χ0) is 18.4. The van der Waals surface area contributed by atoms with Crippen molar-refractivity contribution in [2.45, 2.75) is 6.54 Å². The number of pyridine rings is 1. The van der Waals surface area contributed by atoms with Gasteiger partial charge in [-0.05, 0) is 48.0 Å². The number of nitrogens with one attached hydrogen (secondary N) is 2. The van der Waals surface area contributed by atoms with Crippen molar-refractivity contribution in [2.75, 3.05) is 5.32 Å². The van der Waals surface area contributed by atoms with Crippen LogP contribution in [-0.2, 0) is 6.54 Å². The Balaban J connectivity index is 1.68. The number of benzene rings is 2. The molecule has 0 spiro atoms. The van der Waals surface area contributed by atoms with E-state index in [9.17, 15) is 14.0 Å². The van der Waals surface area contributed by atoms with Gasteiger partial charge in [0, 0.05) is 30.2 Å². The zero-order valence-corrected chi connectivity index (χ0v) is 13.8. The summed E-state index contributed by atoms with van der Waals surface area (Å²) in [4.78, 5) is 28.4. The summed E-state index contributed by atoms with van der Waals surface area (Å²) in [7, 11) is 0. The molecule has 0 radical (unpaired) electrons. The van der Waals surface area contributed by atoms with Crippen molar-refractivity contribution >= 4 is 17.5 Å². The Labute approximate surface area is 149 Å². The molecule has 0 aliphatic heterocycles. The molecule has 2 N–H and O–H groups in total. The number of para-hydroxylation sites is 1. The van der Waals surface area contributed by atoms with Gasteiger partial charge in [-0.2, -0.15) is 0 Å². The van der Waals surface area contributed by atoms with Gasteiger partial charge in [-0.25, -0.2) is 4.39 Å². The lowest BCUT2D eigenvalue weighted by Gasteiger charge is -2.12. The van der Waals surface area contributed by atoms with Gasteiger partial charge in [0.15, 0.2) is 0 Å². The fourth-order valence-corrected chi connectivity index (χ4v) is 2.37. The van der Waals surface area contributed by atoms with Crippen LogP contribution in [-0.4, -0.2) is 16.8 Å². The van der Waals surface area contributed by atoms with Crippen LogP contribution in [0.2, 0.25) is 0 Å². The quantitative estimate of drug-likeness (QED) is 0.742. The fourth-order valence-electron chi connectivity index (χ4n) is 2.37. The molecule has 0 atom stereocenters. The molecule has 130 valence electrons. The lowest BCUT2D eigenvalue weighted by atomic mass is 10.1. The van der Waals surface area contributed by atoms with Crippen molar-refractivity contribution in [3.63, 3.8) is 0 Å². The average molecular weight is 349 g/mol. The van der Waals surface area contributed by atoms with Crippen molar-refractivity contribution in [1.82, 2.24) is 10.3 Å². The van der Waals surface area contributed by atoms with Crippen LogP contribution in [0.5, 0.6) is 0 Å². The molecule has 2 amide bonds. The highest BCUT2D eigenvalue weighted by atomic mass is 19.1. The minimum Gasteiger partial charge on any atom is -0.348 e. The average Bonchev–Trinajstić information content (AvgIpc) is 2.68. The molecule has 6 heteroatoms. The maximum absolute atomic E-state index is 12.9. The fraction of sp³-hybridized carbons (Fsp3) is 0.0500. The van der Waals surface area contributed by atoms with Crippen molar-refractivity contribution < 1.29 is 14.0 Å². The SMILES string of the molecule is O=C(NCc1ccccc1NC(=O)c1cccnc1)c1ccc(F)cc1. The van der Waals surface area contributed by atoms with E-state index < -0.39 is 5.82 Å². The lowest BCUT2D eigenvalue weighted by Crippen LogP contribution is -2.24. The van der Waals surface area contributed by atoms with Crippen LogP contribution in [0.3, 0.4) is 0 Å². The predicted molar refractivity (Wildman–Crippen MR) is 96.2 cm³/mol. The summed E-state index contributed by atoms with van der Waals surface area (Å²) in [5.74, 6) is -1.00. The summed E-state index contributed by atoms with van der Waals surface area (Å²) in [6, 6.07) is 15.8. The number of nitrogens with zero attached hydrogens (tertiary/aromatic N) is 1. The molecule has 0 aliphatic rings. The van der Waals surface area contributed by atoms with Gasteiger partial charge in [0.25, 0.3) is 11.8 Å². The maximum Gasteiger partial charge on any atom is 0.257 e. The number of carbonyl (C=O) groups is 2. The van der Waals surface area contributed by atoms with Gasteiger partial charge in [0.05, 0.1) is 5.56 Å². The molecule has 1 heterocycles. The Kier molecular flexibility index (Phi) is 5.34. The Morgan fingerprint density at radius 3 is 2.38 bits per heavy atom. The smallest absolute Gasteiger partial charge is 0.257 e. The number of aromatic nitrogens is 1. The first kappa shape index (κ1) is 17.3. The lowest BCUT2D eigenvalue weighted by molar-refractivity contribution is 0.0950. The second kappa shape index (κ2) is 8.02. The Morgan fingerprint density at radius 2 is 1.65 bits per heavy atom. The van der Waals surface area contributed by atoms with Gasteiger partial charge in [0.2, 0.25) is 0 Å². The van der Waals surface area contributed by atoms with Crippen molar-refractivity contribution in [2.24, 2.45) is 0 Å². The van der Waals surface area contributed by atoms with Crippen molar-refractivity contribution in [1.29, 1.82) is 0 Å². The number of hydrogen-bond acceptors (Lipinski definition) is 3. The molecule has 2 aromatic carbocycles. The highest BCUT2D eigenvalue weighted by Gasteiger charge is 2.10. The molecule has 1 aromatic heterocycles. The highest BCUT2D eigenvalue weighted by molar-refractivity contribution is 6.04. The number of halogens is 1. The van der Waals surface area contributed by atoms with Crippen molar-refractivity contribution in [3.8, 4) is 0 Å². The Morgan fingerprint density at radius 1 is 0.885 bits per heavy atom. The largest absolute Gasteiger partial charge is 0.348 e. The van der Waals surface area contributed by atoms with Gasteiger partial charge in [-0.15, -0.1) is 0 Å². The zero-order valence-electron chi connectivity index (χ0n) is 13.8. The van der Waals surface area contributed by atoms with Crippen molar-refractivity contribution in [3.05, 3.63) is 95.6 Å². The maximum atomic E-state index is 12.9. The summed E-state index contributed by atoms with van der Waals surface area (Å²) in [6.07, 6.45) is 3.07. The Hall–Kier alpha value is -3.54. The molecule has 3 rings (SSSR count). The normalized spacial score (nSPS) is 10.2. The van der Waals surface area contributed by atoms with E-state index in [-0.39, 0.29) is 18.4 Å². The van der Waals surface area contributed by atoms with Crippen LogP contribution < -0.4 is 10.6 Å². The van der Waals surface area contributed by atoms with Crippen LogP contribution >= 0.6 is 0 Å². The predicted octanol–water partition coefficient (Wildman–Crippen LogP) is 3.40. The van der Waals surface area contributed by atoms with E-state index in [4.69, 9.17) is 0 Å². The topological polar surface area (TPSA) is 71.1 Å². The van der Waals surface area contributed by atoms with Gasteiger partial charge >= 0.3 is 0 Å². The second-order valence-electron chi connectivity index (χ2n) is 5.54. The number of anilines is 1. The summed E-state index contributed by atoms with van der Waals surface area (Å²) in [5, 5.41) is 5.58. The molecule has 0 unspecified atom stereocenters. The standard InChI is InChI=1S/C20H16FN3O2/c21-17-9-7-14(8-10-17)19(25)23-13-15-4-1-2-6-18(15)24-20(26)16-5-3-11-22-12-16/h1-12H,13H2,(H,23,25)(H,24,26). The van der Waals surface area contributed by atoms with E-state index in [0.29, 0.717) is 16.8 Å². The second-order valence-corrected chi connectivity index (χ2v) is 5.54. The first-order valence-corrected chi connectivity index (χ1v) is 7.96. The number of carbonyl (C=O) groups excluding carboxylic acids is 2. The van der Waals surface area contributed by atoms with Crippen LogP contribution in [0, 0.1) is 5.82 Å². The van der Waals surface area contributed by atoms with E-state index in [2.05, 4.69) is 15.6 Å². The minimum atomic E-state index is -0.398. The summed E-state index contributed by atoms with van der Waals surface area (Å²) in [5.41, 5.74) is 2.15. The number of hydrogen-bond donors (Lipinski definition) is 2. The summed E-state index contributed by atoms with van der Waals surface area (Å²) in [6.45, 7) is 0.222. The molecule has 0 bridgehead atoms. The van der Waals surface area contributed by atoms with E-state index in [1.807, 2.05) is 12.1 Å². The first-order chi connectivity index (χ1) is 12.6. The van der Waals surface area contributed by atoms with Gasteiger partial charge < -0.3 is 10.6 Å². The molecular formula is C20H16FN3O2. The molecule has 0 fully saturated rings. The van der Waals surface area contributed by atoms with Crippen LogP contribution in [0.4, 0.5) is 10.1 Å². The third-order valence-electron chi connectivity index (χ3n) is 3.74. The van der Waals surface area contributed by atoms with Gasteiger partial charge in [0.1, 0.15) is 5.82 Å². The monoisotopic (exact) mass is 349 g/mol. The van der Waals surface area contributed by atoms with Crippen LogP contribution in [0.25, 0.3) is 0 Å². The van der Waals surface area contributed by atoms with E-state index >= 15 is 0 Å². The minimum absolute atomic E-state index is 0.222. The van der Waals surface area contributed by atoms with E-state index in [1.54, 1.807) is 30.5 Å². The number of amides is 2. The van der Waals surface area contributed by atoms with Gasteiger partial charge in [-0.1, -0.05) is 18.2 Å². The molecular weight excluding hydrogens is 333 g/mol. The molecule has 3 aromatic rings.